The van der Waals surface area contributed by atoms with E-state index in [2.05, 4.69) is 17.5 Å². The number of hydrazone groups is 1. The summed E-state index contributed by atoms with van der Waals surface area (Å²) in [5, 5.41) is 4.39. The van der Waals surface area contributed by atoms with Crippen LogP contribution in [0.15, 0.2) is 88.9 Å². The average Bonchev–Trinajstić information content (AvgIpc) is 2.90. The molecule has 0 aliphatic heterocycles. The largest absolute Gasteiger partial charge is 0.493 e. The number of nitrogens with zero attached hydrogens (tertiary/aromatic N) is 2. The molecule has 37 heavy (non-hydrogen) atoms. The molecule has 3 aromatic carbocycles. The highest BCUT2D eigenvalue weighted by Crippen LogP contribution is 2.26. The fourth-order valence-corrected chi connectivity index (χ4v) is 5.23. The van der Waals surface area contributed by atoms with Crippen molar-refractivity contribution >= 4 is 39.4 Å². The number of nitrogens with one attached hydrogen (secondary N) is 1. The maximum Gasteiger partial charge on any atom is 0.264 e. The van der Waals surface area contributed by atoms with Crippen molar-refractivity contribution in [3.63, 3.8) is 0 Å². The quantitative estimate of drug-likeness (QED) is 0.153. The minimum Gasteiger partial charge on any atom is -0.493 e. The monoisotopic (exact) mass is 541 g/mol. The minimum absolute atomic E-state index is 0.0621. The van der Waals surface area contributed by atoms with Crippen LogP contribution in [0.4, 0.5) is 5.69 Å². The maximum atomic E-state index is 13.4. The number of hydrogen-bond acceptors (Lipinski definition) is 5. The number of anilines is 1. The second kappa shape index (κ2) is 14.4. The third-order valence-electron chi connectivity index (χ3n) is 5.53. The Morgan fingerprint density at radius 2 is 1.70 bits per heavy atom. The van der Waals surface area contributed by atoms with E-state index in [4.69, 9.17) is 16.3 Å². The van der Waals surface area contributed by atoms with E-state index in [-0.39, 0.29) is 10.6 Å². The van der Waals surface area contributed by atoms with Crippen molar-refractivity contribution in [2.75, 3.05) is 17.5 Å². The maximum absolute atomic E-state index is 13.4. The lowest BCUT2D eigenvalue weighted by atomic mass is 10.2. The van der Waals surface area contributed by atoms with Gasteiger partial charge in [-0.2, -0.15) is 5.10 Å². The van der Waals surface area contributed by atoms with Crippen LogP contribution >= 0.6 is 11.6 Å². The Morgan fingerprint density at radius 1 is 0.973 bits per heavy atom. The molecule has 1 amide bonds. The first kappa shape index (κ1) is 28.2. The normalized spacial score (nSPS) is 11.4. The molecule has 0 atom stereocenters. The molecule has 0 saturated heterocycles. The number of rotatable bonds is 14. The van der Waals surface area contributed by atoms with E-state index in [1.165, 1.54) is 43.7 Å². The van der Waals surface area contributed by atoms with Crippen LogP contribution in [0.1, 0.15) is 44.6 Å². The summed E-state index contributed by atoms with van der Waals surface area (Å²) < 4.78 is 33.6. The smallest absolute Gasteiger partial charge is 0.264 e. The van der Waals surface area contributed by atoms with E-state index < -0.39 is 22.5 Å². The van der Waals surface area contributed by atoms with Gasteiger partial charge in [0.25, 0.3) is 15.9 Å². The van der Waals surface area contributed by atoms with E-state index >= 15 is 0 Å². The van der Waals surface area contributed by atoms with E-state index in [1.807, 2.05) is 24.3 Å². The van der Waals surface area contributed by atoms with Crippen LogP contribution in [0, 0.1) is 0 Å². The molecule has 7 nitrogen and oxygen atoms in total. The summed E-state index contributed by atoms with van der Waals surface area (Å²) in [7, 11) is -4.03. The van der Waals surface area contributed by atoms with Gasteiger partial charge >= 0.3 is 0 Å². The Balaban J connectivity index is 1.68. The molecule has 0 spiro atoms. The van der Waals surface area contributed by atoms with Gasteiger partial charge in [-0.25, -0.2) is 13.8 Å². The number of carbonyl (C=O) groups excluding carboxylic acids is 1. The lowest BCUT2D eigenvalue weighted by Crippen LogP contribution is -2.39. The van der Waals surface area contributed by atoms with Crippen LogP contribution in [0.5, 0.6) is 5.75 Å². The molecule has 1 N–H and O–H groups in total. The summed E-state index contributed by atoms with van der Waals surface area (Å²) >= 11 is 6.10. The van der Waals surface area contributed by atoms with E-state index in [0.29, 0.717) is 22.9 Å². The second-order valence-corrected chi connectivity index (χ2v) is 10.7. The van der Waals surface area contributed by atoms with Gasteiger partial charge in [-0.3, -0.25) is 9.10 Å². The Kier molecular flexibility index (Phi) is 11.0. The number of sulfonamides is 1. The molecular weight excluding hydrogens is 510 g/mol. The number of unbranched alkanes of at least 4 members (excludes halogenated alkanes) is 4. The average molecular weight is 542 g/mol. The number of hydrogen-bond donors (Lipinski definition) is 1. The summed E-state index contributed by atoms with van der Waals surface area (Å²) in [6, 6.07) is 21.7. The third kappa shape index (κ3) is 8.61. The van der Waals surface area contributed by atoms with Gasteiger partial charge in [0.2, 0.25) is 0 Å². The SMILES string of the molecule is CCCCCCCOc1ccccc1/C=N\NC(=O)CN(c1cccc(Cl)c1)S(=O)(=O)c1ccccc1. The van der Waals surface area contributed by atoms with Crippen LogP contribution in [0.3, 0.4) is 0 Å². The van der Waals surface area contributed by atoms with Crippen molar-refractivity contribution in [2.45, 2.75) is 43.9 Å². The van der Waals surface area contributed by atoms with Gasteiger partial charge in [0, 0.05) is 10.6 Å². The van der Waals surface area contributed by atoms with Crippen molar-refractivity contribution in [2.24, 2.45) is 5.10 Å². The van der Waals surface area contributed by atoms with E-state index in [0.717, 1.165) is 17.1 Å². The zero-order valence-corrected chi connectivity index (χ0v) is 22.4. The van der Waals surface area contributed by atoms with Crippen LogP contribution in [0.2, 0.25) is 5.02 Å². The fraction of sp³-hybridized carbons (Fsp3) is 0.286. The van der Waals surface area contributed by atoms with Crippen molar-refractivity contribution < 1.29 is 17.9 Å². The highest BCUT2D eigenvalue weighted by Gasteiger charge is 2.27. The molecule has 0 aliphatic rings. The topological polar surface area (TPSA) is 88.1 Å². The molecule has 0 aliphatic carbocycles. The highest BCUT2D eigenvalue weighted by atomic mass is 35.5. The summed E-state index contributed by atoms with van der Waals surface area (Å²) in [5.74, 6) is 0.0632. The van der Waals surface area contributed by atoms with Crippen LogP contribution in [-0.4, -0.2) is 33.7 Å². The third-order valence-corrected chi connectivity index (χ3v) is 7.56. The number of ether oxygens (including phenoxy) is 1. The molecule has 0 saturated carbocycles. The predicted octanol–water partition coefficient (Wildman–Crippen LogP) is 6.03. The van der Waals surface area contributed by atoms with Gasteiger partial charge < -0.3 is 4.74 Å². The summed E-state index contributed by atoms with van der Waals surface area (Å²) in [6.45, 7) is 2.31. The molecule has 0 bridgehead atoms. The van der Waals surface area contributed by atoms with Gasteiger partial charge in [-0.15, -0.1) is 0 Å². The first-order chi connectivity index (χ1) is 17.9. The zero-order chi connectivity index (χ0) is 26.5. The summed E-state index contributed by atoms with van der Waals surface area (Å²) in [5.41, 5.74) is 3.40. The molecule has 9 heteroatoms. The number of benzene rings is 3. The molecule has 0 fully saturated rings. The Morgan fingerprint density at radius 3 is 2.46 bits per heavy atom. The molecular formula is C28H32ClN3O4S. The molecule has 0 aromatic heterocycles. The van der Waals surface area contributed by atoms with Crippen molar-refractivity contribution in [1.82, 2.24) is 5.43 Å². The lowest BCUT2D eigenvalue weighted by molar-refractivity contribution is -0.119. The first-order valence-corrected chi connectivity index (χ1v) is 14.1. The zero-order valence-electron chi connectivity index (χ0n) is 20.8. The molecule has 3 aromatic rings. The molecule has 0 unspecified atom stereocenters. The van der Waals surface area contributed by atoms with Gasteiger partial charge in [-0.1, -0.05) is 80.6 Å². The predicted molar refractivity (Wildman–Crippen MR) is 149 cm³/mol. The van der Waals surface area contributed by atoms with E-state index in [1.54, 1.807) is 36.4 Å². The van der Waals surface area contributed by atoms with Crippen molar-refractivity contribution in [3.05, 3.63) is 89.4 Å². The number of para-hydroxylation sites is 1. The van der Waals surface area contributed by atoms with Gasteiger partial charge in [0.05, 0.1) is 23.4 Å². The van der Waals surface area contributed by atoms with Gasteiger partial charge in [0.1, 0.15) is 12.3 Å². The number of amides is 1. The van der Waals surface area contributed by atoms with Gasteiger partial charge in [-0.05, 0) is 48.9 Å². The number of halogens is 1. The van der Waals surface area contributed by atoms with E-state index in [9.17, 15) is 13.2 Å². The summed E-state index contributed by atoms with van der Waals surface area (Å²) in [4.78, 5) is 12.8. The standard InChI is InChI=1S/C28H32ClN3O4S/c1-2-3-4-5-11-19-36-27-18-10-9-13-23(27)21-30-31-28(33)22-32(25-15-12-14-24(29)20-25)37(34,35)26-16-7-6-8-17-26/h6-10,12-18,20-21H,2-5,11,19,22H2,1H3,(H,31,33)/b30-21-. The molecule has 3 rings (SSSR count). The van der Waals surface area contributed by atoms with Crippen molar-refractivity contribution in [1.29, 1.82) is 0 Å². The molecule has 0 radical (unpaired) electrons. The van der Waals surface area contributed by atoms with Crippen LogP contribution in [0.25, 0.3) is 0 Å². The Bertz CT molecular complexity index is 1280. The van der Waals surface area contributed by atoms with Crippen molar-refractivity contribution in [3.8, 4) is 5.75 Å². The second-order valence-electron chi connectivity index (χ2n) is 8.40. The Labute approximate surface area is 224 Å². The first-order valence-electron chi connectivity index (χ1n) is 12.3. The fourth-order valence-electron chi connectivity index (χ4n) is 3.61. The minimum atomic E-state index is -4.03. The molecule has 0 heterocycles. The number of carbonyl (C=O) groups is 1. The van der Waals surface area contributed by atoms with Crippen LogP contribution < -0.4 is 14.5 Å². The lowest BCUT2D eigenvalue weighted by Gasteiger charge is -2.23. The van der Waals surface area contributed by atoms with Gasteiger partial charge in [0.15, 0.2) is 0 Å². The van der Waals surface area contributed by atoms with Crippen LogP contribution in [-0.2, 0) is 14.8 Å². The highest BCUT2D eigenvalue weighted by molar-refractivity contribution is 7.92. The Hall–Kier alpha value is -3.36. The molecule has 196 valence electrons. The summed E-state index contributed by atoms with van der Waals surface area (Å²) in [6.07, 6.45) is 7.19.